The number of carbonyl (C=O) groups excluding carboxylic acids is 2. The van der Waals surface area contributed by atoms with Crippen LogP contribution >= 0.6 is 0 Å². The van der Waals surface area contributed by atoms with Crippen LogP contribution in [-0.2, 0) is 14.8 Å². The van der Waals surface area contributed by atoms with Crippen molar-refractivity contribution in [1.29, 1.82) is 0 Å². The van der Waals surface area contributed by atoms with Gasteiger partial charge >= 0.3 is 6.09 Å². The Bertz CT molecular complexity index is 958. The molecule has 150 valence electrons. The first kappa shape index (κ1) is 21.0. The molecule has 0 spiro atoms. The number of nitrogens with one attached hydrogen (secondary N) is 3. The second-order valence-corrected chi connectivity index (χ2v) is 7.29. The molecule has 2 aromatic rings. The Morgan fingerprint density at radius 1 is 1.04 bits per heavy atom. The van der Waals surface area contributed by atoms with E-state index in [0.29, 0.717) is 5.69 Å². The summed E-state index contributed by atoms with van der Waals surface area (Å²) in [6, 6.07) is 10.6. The first-order valence-electron chi connectivity index (χ1n) is 8.27. The van der Waals surface area contributed by atoms with E-state index in [-0.39, 0.29) is 22.8 Å². The van der Waals surface area contributed by atoms with Crippen LogP contribution in [0.5, 0.6) is 5.75 Å². The minimum Gasteiger partial charge on any atom is -0.495 e. The van der Waals surface area contributed by atoms with Gasteiger partial charge in [-0.25, -0.2) is 18.6 Å². The van der Waals surface area contributed by atoms with Crippen LogP contribution in [0, 0.1) is 6.92 Å². The SMILES string of the molecule is CCOC(=O)NNC(=O)c1ccc(OC)c(S(=O)(=O)Nc2ccc(C)cc2)c1. The number of hydrogen-bond donors (Lipinski definition) is 3. The number of hydrazine groups is 1. The number of benzene rings is 2. The van der Waals surface area contributed by atoms with E-state index in [1.54, 1.807) is 31.2 Å². The summed E-state index contributed by atoms with van der Waals surface area (Å²) in [7, 11) is -2.71. The molecule has 2 amide bonds. The molecule has 0 saturated carbocycles. The largest absolute Gasteiger partial charge is 0.495 e. The van der Waals surface area contributed by atoms with Crippen LogP contribution < -0.4 is 20.3 Å². The van der Waals surface area contributed by atoms with Gasteiger partial charge in [-0.2, -0.15) is 0 Å². The molecule has 0 heterocycles. The molecule has 9 nitrogen and oxygen atoms in total. The van der Waals surface area contributed by atoms with Crippen molar-refractivity contribution in [2.45, 2.75) is 18.7 Å². The van der Waals surface area contributed by atoms with Crippen molar-refractivity contribution in [1.82, 2.24) is 10.9 Å². The summed E-state index contributed by atoms with van der Waals surface area (Å²) in [5, 5.41) is 0. The number of rotatable bonds is 6. The molecule has 2 aromatic carbocycles. The van der Waals surface area contributed by atoms with Gasteiger partial charge in [-0.05, 0) is 44.2 Å². The van der Waals surface area contributed by atoms with E-state index in [1.165, 1.54) is 19.2 Å². The highest BCUT2D eigenvalue weighted by atomic mass is 32.2. The number of methoxy groups -OCH3 is 1. The van der Waals surface area contributed by atoms with Gasteiger partial charge in [0.1, 0.15) is 10.6 Å². The number of anilines is 1. The average Bonchev–Trinajstić information content (AvgIpc) is 2.67. The third-order valence-corrected chi connectivity index (χ3v) is 4.98. The van der Waals surface area contributed by atoms with Crippen LogP contribution in [0.4, 0.5) is 10.5 Å². The van der Waals surface area contributed by atoms with E-state index in [0.717, 1.165) is 11.6 Å². The predicted molar refractivity (Wildman–Crippen MR) is 103 cm³/mol. The molecular formula is C18H21N3O6S. The van der Waals surface area contributed by atoms with Gasteiger partial charge in [-0.3, -0.25) is 14.9 Å². The van der Waals surface area contributed by atoms with E-state index in [2.05, 4.69) is 20.3 Å². The molecule has 0 aliphatic rings. The van der Waals surface area contributed by atoms with Crippen molar-refractivity contribution in [3.8, 4) is 5.75 Å². The molecule has 10 heteroatoms. The third-order valence-electron chi connectivity index (χ3n) is 3.57. The van der Waals surface area contributed by atoms with Crippen molar-refractivity contribution >= 4 is 27.7 Å². The predicted octanol–water partition coefficient (Wildman–Crippen LogP) is 2.20. The molecule has 0 bridgehead atoms. The third kappa shape index (κ3) is 5.36. The van der Waals surface area contributed by atoms with Crippen molar-refractivity contribution in [3.05, 3.63) is 53.6 Å². The van der Waals surface area contributed by atoms with Crippen LogP contribution in [0.1, 0.15) is 22.8 Å². The highest BCUT2D eigenvalue weighted by Crippen LogP contribution is 2.27. The monoisotopic (exact) mass is 407 g/mol. The first-order chi connectivity index (χ1) is 13.3. The lowest BCUT2D eigenvalue weighted by atomic mass is 10.2. The molecule has 0 fully saturated rings. The van der Waals surface area contributed by atoms with E-state index in [4.69, 9.17) is 4.74 Å². The lowest BCUT2D eigenvalue weighted by Crippen LogP contribution is -2.42. The molecule has 0 saturated heterocycles. The van der Waals surface area contributed by atoms with Crippen LogP contribution in [0.25, 0.3) is 0 Å². The minimum atomic E-state index is -4.03. The normalized spacial score (nSPS) is 10.7. The van der Waals surface area contributed by atoms with Crippen LogP contribution in [0.15, 0.2) is 47.4 Å². The summed E-state index contributed by atoms with van der Waals surface area (Å²) in [6.45, 7) is 3.63. The summed E-state index contributed by atoms with van der Waals surface area (Å²) in [4.78, 5) is 23.2. The first-order valence-corrected chi connectivity index (χ1v) is 9.75. The Morgan fingerprint density at radius 2 is 1.71 bits per heavy atom. The van der Waals surface area contributed by atoms with Crippen molar-refractivity contribution in [2.24, 2.45) is 0 Å². The van der Waals surface area contributed by atoms with E-state index < -0.39 is 22.0 Å². The fourth-order valence-electron chi connectivity index (χ4n) is 2.21. The lowest BCUT2D eigenvalue weighted by Gasteiger charge is -2.13. The fraction of sp³-hybridized carbons (Fsp3) is 0.222. The molecule has 3 N–H and O–H groups in total. The Kier molecular flexibility index (Phi) is 6.83. The zero-order valence-electron chi connectivity index (χ0n) is 15.6. The van der Waals surface area contributed by atoms with Gasteiger partial charge < -0.3 is 9.47 Å². The zero-order chi connectivity index (χ0) is 20.7. The van der Waals surface area contributed by atoms with Gasteiger partial charge in [0.15, 0.2) is 0 Å². The quantitative estimate of drug-likeness (QED) is 0.631. The summed E-state index contributed by atoms with van der Waals surface area (Å²) < 4.78 is 37.7. The van der Waals surface area contributed by atoms with Crippen molar-refractivity contribution in [3.63, 3.8) is 0 Å². The summed E-state index contributed by atoms with van der Waals surface area (Å²) >= 11 is 0. The maximum absolute atomic E-state index is 12.8. The standard InChI is InChI=1S/C18H21N3O6S/c1-4-27-18(23)20-19-17(22)13-7-10-15(26-3)16(11-13)28(24,25)21-14-8-5-12(2)6-9-14/h5-11,21H,4H2,1-3H3,(H,19,22)(H,20,23). The molecule has 0 radical (unpaired) electrons. The average molecular weight is 407 g/mol. The Hall–Kier alpha value is -3.27. The number of amides is 2. The summed E-state index contributed by atoms with van der Waals surface area (Å²) in [6.07, 6.45) is -0.835. The summed E-state index contributed by atoms with van der Waals surface area (Å²) in [5.41, 5.74) is 5.54. The van der Waals surface area contributed by atoms with Gasteiger partial charge in [0.2, 0.25) is 0 Å². The second-order valence-electron chi connectivity index (χ2n) is 5.64. The smallest absolute Gasteiger partial charge is 0.426 e. The molecule has 2 rings (SSSR count). The number of ether oxygens (including phenoxy) is 2. The molecule has 0 aliphatic carbocycles. The Morgan fingerprint density at radius 3 is 2.32 bits per heavy atom. The van der Waals surface area contributed by atoms with Gasteiger partial charge in [0.05, 0.1) is 13.7 Å². The molecule has 0 aromatic heterocycles. The van der Waals surface area contributed by atoms with E-state index in [1.807, 2.05) is 6.92 Å². The van der Waals surface area contributed by atoms with Crippen molar-refractivity contribution in [2.75, 3.05) is 18.4 Å². The lowest BCUT2D eigenvalue weighted by molar-refractivity contribution is 0.0912. The maximum atomic E-state index is 12.8. The van der Waals surface area contributed by atoms with Crippen LogP contribution in [0.2, 0.25) is 0 Å². The second kappa shape index (κ2) is 9.09. The Labute approximate surface area is 163 Å². The maximum Gasteiger partial charge on any atom is 0.426 e. The molecule has 0 aliphatic heterocycles. The molecule has 0 atom stereocenters. The zero-order valence-corrected chi connectivity index (χ0v) is 16.4. The highest BCUT2D eigenvalue weighted by Gasteiger charge is 2.22. The van der Waals surface area contributed by atoms with E-state index in [9.17, 15) is 18.0 Å². The number of sulfonamides is 1. The number of hydrogen-bond acceptors (Lipinski definition) is 6. The fourth-order valence-corrected chi connectivity index (χ4v) is 3.46. The van der Waals surface area contributed by atoms with E-state index >= 15 is 0 Å². The molecule has 0 unspecified atom stereocenters. The van der Waals surface area contributed by atoms with Gasteiger partial charge in [0.25, 0.3) is 15.9 Å². The van der Waals surface area contributed by atoms with Crippen molar-refractivity contribution < 1.29 is 27.5 Å². The number of carbonyl (C=O) groups is 2. The van der Waals surface area contributed by atoms with Crippen LogP contribution in [-0.4, -0.2) is 34.1 Å². The van der Waals surface area contributed by atoms with Gasteiger partial charge in [0, 0.05) is 11.3 Å². The topological polar surface area (TPSA) is 123 Å². The Balaban J connectivity index is 2.27. The van der Waals surface area contributed by atoms with Crippen LogP contribution in [0.3, 0.4) is 0 Å². The number of aryl methyl sites for hydroxylation is 1. The van der Waals surface area contributed by atoms with Gasteiger partial charge in [-0.15, -0.1) is 0 Å². The van der Waals surface area contributed by atoms with Gasteiger partial charge in [-0.1, -0.05) is 17.7 Å². The molecule has 28 heavy (non-hydrogen) atoms. The highest BCUT2D eigenvalue weighted by molar-refractivity contribution is 7.92. The molecular weight excluding hydrogens is 386 g/mol. The minimum absolute atomic E-state index is 0.00174. The summed E-state index contributed by atoms with van der Waals surface area (Å²) in [5.74, 6) is -0.656.